The number of nitrogens with zero attached hydrogens (tertiary/aromatic N) is 1. The van der Waals surface area contributed by atoms with E-state index in [-0.39, 0.29) is 10.6 Å². The van der Waals surface area contributed by atoms with Gasteiger partial charge in [0.05, 0.1) is 11.0 Å². The second-order valence-electron chi connectivity index (χ2n) is 7.84. The van der Waals surface area contributed by atoms with E-state index in [0.29, 0.717) is 11.0 Å². The molecule has 176 valence electrons. The van der Waals surface area contributed by atoms with Crippen LogP contribution in [-0.2, 0) is 9.09 Å². The van der Waals surface area contributed by atoms with E-state index in [1.807, 2.05) is 68.4 Å². The van der Waals surface area contributed by atoms with Crippen molar-refractivity contribution in [3.05, 3.63) is 100 Å². The lowest BCUT2D eigenvalue weighted by Gasteiger charge is -2.20. The van der Waals surface area contributed by atoms with E-state index in [0.717, 1.165) is 38.5 Å². The summed E-state index contributed by atoms with van der Waals surface area (Å²) in [4.78, 5) is 16.9. The molecule has 0 radical (unpaired) electrons. The van der Waals surface area contributed by atoms with Crippen LogP contribution in [0.1, 0.15) is 32.1 Å². The Hall–Kier alpha value is -3.69. The molecule has 0 bridgehead atoms. The lowest BCUT2D eigenvalue weighted by molar-refractivity contribution is 0.0703. The summed E-state index contributed by atoms with van der Waals surface area (Å²) in [5.41, 5.74) is 4.41. The van der Waals surface area contributed by atoms with Crippen molar-refractivity contribution < 1.29 is 19.0 Å². The maximum Gasteiger partial charge on any atom is 0.348 e. The zero-order valence-electron chi connectivity index (χ0n) is 19.4. The topological polar surface area (TPSA) is 88.5 Å². The number of rotatable bonds is 6. The summed E-state index contributed by atoms with van der Waals surface area (Å²) in [6, 6.07) is 20.3. The van der Waals surface area contributed by atoms with E-state index in [1.165, 1.54) is 7.11 Å². The van der Waals surface area contributed by atoms with Crippen molar-refractivity contribution in [2.45, 2.75) is 13.8 Å². The van der Waals surface area contributed by atoms with E-state index >= 15 is 0 Å². The molecule has 0 aliphatic carbocycles. The third-order valence-corrected chi connectivity index (χ3v) is 8.65. The van der Waals surface area contributed by atoms with Crippen LogP contribution >= 0.6 is 18.9 Å². The average Bonchev–Trinajstić information content (AvgIpc) is 3.27. The first-order valence-corrected chi connectivity index (χ1v) is 13.2. The summed E-state index contributed by atoms with van der Waals surface area (Å²) in [6.45, 7) is 3.80. The van der Waals surface area contributed by atoms with Crippen LogP contribution in [0.2, 0.25) is 0 Å². The van der Waals surface area contributed by atoms with Crippen molar-refractivity contribution in [1.82, 2.24) is 4.98 Å². The van der Waals surface area contributed by atoms with Crippen molar-refractivity contribution in [3.8, 4) is 22.3 Å². The predicted octanol–water partition coefficient (Wildman–Crippen LogP) is 6.10. The molecular formula is C27H23N2O4PS. The number of aromatic carboxylic acids is 1. The van der Waals surface area contributed by atoms with Gasteiger partial charge in [0.15, 0.2) is 0 Å². The van der Waals surface area contributed by atoms with Gasteiger partial charge >= 0.3 is 13.5 Å². The number of carbonyl (C=O) groups is 1. The number of aryl methyl sites for hydroxylation is 2. The summed E-state index contributed by atoms with van der Waals surface area (Å²) in [5.74, 6) is 4.98. The molecule has 0 aliphatic heterocycles. The van der Waals surface area contributed by atoms with E-state index in [4.69, 9.17) is 4.52 Å². The zero-order chi connectivity index (χ0) is 25.0. The highest BCUT2D eigenvalue weighted by Gasteiger charge is 2.30. The Morgan fingerprint density at radius 1 is 1.06 bits per heavy atom. The number of anilines is 1. The average molecular weight is 503 g/mol. The van der Waals surface area contributed by atoms with E-state index < -0.39 is 13.5 Å². The molecule has 2 heterocycles. The molecule has 4 rings (SSSR count). The number of carboxylic acid groups (broad SMARTS) is 1. The summed E-state index contributed by atoms with van der Waals surface area (Å²) in [6.07, 6.45) is 1.69. The Bertz CT molecular complexity index is 1490. The van der Waals surface area contributed by atoms with Crippen LogP contribution in [0.15, 0.2) is 72.9 Å². The smallest absolute Gasteiger partial charge is 0.348 e. The molecule has 1 atom stereocenters. The molecule has 0 amide bonds. The van der Waals surface area contributed by atoms with Gasteiger partial charge in [0.1, 0.15) is 10.6 Å². The van der Waals surface area contributed by atoms with Crippen molar-refractivity contribution in [2.75, 3.05) is 12.2 Å². The number of pyridine rings is 1. The van der Waals surface area contributed by atoms with Gasteiger partial charge in [-0.2, -0.15) is 0 Å². The summed E-state index contributed by atoms with van der Waals surface area (Å²) in [5, 5.41) is 13.2. The Kier molecular flexibility index (Phi) is 7.18. The zero-order valence-corrected chi connectivity index (χ0v) is 21.1. The molecule has 0 fully saturated rings. The standard InChI is InChI=1S/C27H23N2O4PS/c1-18-7-14-24(19(2)16-18)34(32,33-3)29-23-17-25(35-26(23)27(30)31)21-11-8-20(9-12-21)10-13-22-6-4-5-15-28-22/h4-9,11-12,14-17H,1-3H3,(H,29,32)(H,30,31). The monoisotopic (exact) mass is 502 g/mol. The van der Waals surface area contributed by atoms with Crippen molar-refractivity contribution >= 4 is 35.8 Å². The van der Waals surface area contributed by atoms with Gasteiger partial charge in [-0.05, 0) is 67.3 Å². The number of thiophene rings is 1. The number of benzene rings is 2. The molecule has 1 unspecified atom stereocenters. The minimum absolute atomic E-state index is 0.0565. The highest BCUT2D eigenvalue weighted by atomic mass is 32.1. The molecule has 0 saturated carbocycles. The number of aromatic nitrogens is 1. The van der Waals surface area contributed by atoms with Crippen LogP contribution in [0.25, 0.3) is 10.4 Å². The van der Waals surface area contributed by atoms with Gasteiger partial charge in [-0.1, -0.05) is 41.8 Å². The predicted molar refractivity (Wildman–Crippen MR) is 141 cm³/mol. The molecule has 8 heteroatoms. The molecule has 0 spiro atoms. The maximum absolute atomic E-state index is 13.7. The minimum Gasteiger partial charge on any atom is -0.477 e. The third-order valence-electron chi connectivity index (χ3n) is 5.29. The van der Waals surface area contributed by atoms with Gasteiger partial charge in [-0.3, -0.25) is 4.57 Å². The van der Waals surface area contributed by atoms with Gasteiger partial charge in [0, 0.05) is 23.7 Å². The molecule has 2 N–H and O–H groups in total. The van der Waals surface area contributed by atoms with Crippen LogP contribution in [0.4, 0.5) is 5.69 Å². The molecule has 2 aromatic carbocycles. The van der Waals surface area contributed by atoms with Gasteiger partial charge in [0.25, 0.3) is 0 Å². The second kappa shape index (κ2) is 10.3. The lowest BCUT2D eigenvalue weighted by atomic mass is 10.1. The van der Waals surface area contributed by atoms with Crippen LogP contribution in [0, 0.1) is 25.7 Å². The minimum atomic E-state index is -3.55. The maximum atomic E-state index is 13.7. The molecule has 6 nitrogen and oxygen atoms in total. The van der Waals surface area contributed by atoms with Gasteiger partial charge in [-0.25, -0.2) is 9.78 Å². The van der Waals surface area contributed by atoms with Crippen LogP contribution < -0.4 is 10.4 Å². The highest BCUT2D eigenvalue weighted by molar-refractivity contribution is 7.68. The Morgan fingerprint density at radius 2 is 1.83 bits per heavy atom. The molecule has 0 saturated heterocycles. The SMILES string of the molecule is COP(=O)(Nc1cc(-c2ccc(C#Cc3ccccn3)cc2)sc1C(=O)O)c1ccc(C)cc1C. The first-order valence-electron chi connectivity index (χ1n) is 10.7. The fourth-order valence-corrected chi connectivity index (χ4v) is 6.30. The molecule has 35 heavy (non-hydrogen) atoms. The van der Waals surface area contributed by atoms with Gasteiger partial charge < -0.3 is 14.7 Å². The summed E-state index contributed by atoms with van der Waals surface area (Å²) < 4.78 is 19.1. The molecule has 0 aliphatic rings. The van der Waals surface area contributed by atoms with Gasteiger partial charge in [0.2, 0.25) is 0 Å². The van der Waals surface area contributed by atoms with Crippen LogP contribution in [-0.4, -0.2) is 23.2 Å². The normalized spacial score (nSPS) is 12.3. The van der Waals surface area contributed by atoms with Crippen molar-refractivity contribution in [3.63, 3.8) is 0 Å². The fraction of sp³-hybridized carbons (Fsp3) is 0.111. The lowest BCUT2D eigenvalue weighted by Crippen LogP contribution is -2.17. The quantitative estimate of drug-likeness (QED) is 0.245. The Balaban J connectivity index is 1.64. The van der Waals surface area contributed by atoms with E-state index in [9.17, 15) is 14.5 Å². The fourth-order valence-electron chi connectivity index (χ4n) is 3.56. The third kappa shape index (κ3) is 5.52. The van der Waals surface area contributed by atoms with E-state index in [1.54, 1.807) is 18.3 Å². The van der Waals surface area contributed by atoms with Crippen molar-refractivity contribution in [1.29, 1.82) is 0 Å². The van der Waals surface area contributed by atoms with Crippen LogP contribution in [0.5, 0.6) is 0 Å². The molecular weight excluding hydrogens is 479 g/mol. The number of hydrogen-bond donors (Lipinski definition) is 2. The van der Waals surface area contributed by atoms with Crippen molar-refractivity contribution in [2.24, 2.45) is 0 Å². The first kappa shape index (κ1) is 24.4. The number of nitrogens with one attached hydrogen (secondary N) is 1. The Morgan fingerprint density at radius 3 is 2.46 bits per heavy atom. The molecule has 4 aromatic rings. The summed E-state index contributed by atoms with van der Waals surface area (Å²) >= 11 is 1.11. The number of carboxylic acids is 1. The summed E-state index contributed by atoms with van der Waals surface area (Å²) in [7, 11) is -2.20. The first-order chi connectivity index (χ1) is 16.8. The highest BCUT2D eigenvalue weighted by Crippen LogP contribution is 2.48. The number of hydrogen-bond acceptors (Lipinski definition) is 5. The largest absolute Gasteiger partial charge is 0.477 e. The van der Waals surface area contributed by atoms with E-state index in [2.05, 4.69) is 21.9 Å². The van der Waals surface area contributed by atoms with Gasteiger partial charge in [-0.15, -0.1) is 11.3 Å². The second-order valence-corrected chi connectivity index (χ2v) is 11.1. The molecule has 2 aromatic heterocycles. The Labute approximate surface area is 208 Å². The van der Waals surface area contributed by atoms with Crippen LogP contribution in [0.3, 0.4) is 0 Å².